The number of hydrogen-bond acceptors (Lipinski definition) is 7. The zero-order valence-electron chi connectivity index (χ0n) is 17.6. The third-order valence-electron chi connectivity index (χ3n) is 5.11. The molecule has 0 aromatic carbocycles. The number of carbonyl (C=O) groups excluding carboxylic acids is 1. The molecule has 7 nitrogen and oxygen atoms in total. The first-order valence-electron chi connectivity index (χ1n) is 10.2. The van der Waals surface area contributed by atoms with E-state index in [1.54, 1.807) is 18.6 Å². The van der Waals surface area contributed by atoms with Crippen LogP contribution in [0.3, 0.4) is 0 Å². The molecule has 30 heavy (non-hydrogen) atoms. The van der Waals surface area contributed by atoms with Gasteiger partial charge in [-0.15, -0.1) is 11.3 Å². The molecule has 0 spiro atoms. The van der Waals surface area contributed by atoms with E-state index in [0.29, 0.717) is 22.3 Å². The molecule has 0 aliphatic carbocycles. The van der Waals surface area contributed by atoms with Crippen LogP contribution in [0.4, 0.5) is 11.1 Å². The highest BCUT2D eigenvalue weighted by atomic mass is 32.1. The summed E-state index contributed by atoms with van der Waals surface area (Å²) in [5, 5.41) is 5.48. The summed E-state index contributed by atoms with van der Waals surface area (Å²) in [6.07, 6.45) is 8.54. The second-order valence-corrected chi connectivity index (χ2v) is 9.32. The molecule has 0 bridgehead atoms. The molecule has 4 rings (SSSR count). The lowest BCUT2D eigenvalue weighted by Crippen LogP contribution is -2.31. The number of nitrogens with zero attached hydrogens (tertiary/aromatic N) is 5. The maximum atomic E-state index is 13.1. The number of thiazole rings is 1. The summed E-state index contributed by atoms with van der Waals surface area (Å²) in [4.78, 5) is 33.2. The van der Waals surface area contributed by atoms with E-state index in [0.717, 1.165) is 37.2 Å². The molecule has 3 aromatic rings. The normalized spacial score (nSPS) is 14.6. The van der Waals surface area contributed by atoms with Gasteiger partial charge in [-0.3, -0.25) is 15.1 Å². The predicted molar refractivity (Wildman–Crippen MR) is 120 cm³/mol. The number of amides is 1. The summed E-state index contributed by atoms with van der Waals surface area (Å²) in [6, 6.07) is 3.72. The van der Waals surface area contributed by atoms with Crippen molar-refractivity contribution in [3.05, 3.63) is 47.4 Å². The highest BCUT2D eigenvalue weighted by Crippen LogP contribution is 2.28. The molecule has 0 atom stereocenters. The van der Waals surface area contributed by atoms with Gasteiger partial charge in [0.05, 0.1) is 17.0 Å². The van der Waals surface area contributed by atoms with Gasteiger partial charge in [0.2, 0.25) is 5.95 Å². The lowest BCUT2D eigenvalue weighted by atomic mass is 9.93. The van der Waals surface area contributed by atoms with E-state index in [1.807, 2.05) is 17.5 Å². The zero-order chi connectivity index (χ0) is 21.1. The van der Waals surface area contributed by atoms with Gasteiger partial charge in [-0.2, -0.15) is 0 Å². The van der Waals surface area contributed by atoms with Crippen molar-refractivity contribution < 1.29 is 4.79 Å². The minimum Gasteiger partial charge on any atom is -0.341 e. The molecule has 1 saturated heterocycles. The maximum absolute atomic E-state index is 13.1. The van der Waals surface area contributed by atoms with Crippen molar-refractivity contribution in [2.45, 2.75) is 45.4 Å². The number of rotatable bonds is 4. The van der Waals surface area contributed by atoms with E-state index in [2.05, 4.69) is 45.9 Å². The second kappa shape index (κ2) is 8.47. The Labute approximate surface area is 180 Å². The minimum atomic E-state index is -0.262. The molecule has 1 amide bonds. The minimum absolute atomic E-state index is 0.0686. The largest absolute Gasteiger partial charge is 0.341 e. The highest BCUT2D eigenvalue weighted by molar-refractivity contribution is 7.14. The third kappa shape index (κ3) is 4.48. The van der Waals surface area contributed by atoms with Gasteiger partial charge >= 0.3 is 0 Å². The van der Waals surface area contributed by atoms with Crippen LogP contribution < -0.4 is 10.2 Å². The van der Waals surface area contributed by atoms with Gasteiger partial charge in [0, 0.05) is 48.0 Å². The Morgan fingerprint density at radius 2 is 1.83 bits per heavy atom. The van der Waals surface area contributed by atoms with Crippen LogP contribution in [-0.4, -0.2) is 38.9 Å². The molecule has 8 heteroatoms. The lowest BCUT2D eigenvalue weighted by Gasteiger charge is -2.27. The van der Waals surface area contributed by atoms with Gasteiger partial charge in [0.25, 0.3) is 5.91 Å². The number of hydrogen-bond donors (Lipinski definition) is 1. The molecule has 1 fully saturated rings. The van der Waals surface area contributed by atoms with Gasteiger partial charge < -0.3 is 4.90 Å². The Morgan fingerprint density at radius 1 is 1.10 bits per heavy atom. The summed E-state index contributed by atoms with van der Waals surface area (Å²) < 4.78 is 0. The molecular weight excluding hydrogens is 396 g/mol. The number of anilines is 2. The Kier molecular flexibility index (Phi) is 5.76. The second-order valence-electron chi connectivity index (χ2n) is 8.46. The topological polar surface area (TPSA) is 83.9 Å². The predicted octanol–water partition coefficient (Wildman–Crippen LogP) is 4.54. The average Bonchev–Trinajstić information content (AvgIpc) is 3.24. The van der Waals surface area contributed by atoms with Gasteiger partial charge in [-0.1, -0.05) is 20.8 Å². The quantitative estimate of drug-likeness (QED) is 0.665. The van der Waals surface area contributed by atoms with Gasteiger partial charge in [0.15, 0.2) is 5.13 Å². The Morgan fingerprint density at radius 3 is 2.50 bits per heavy atom. The van der Waals surface area contributed by atoms with Gasteiger partial charge in [0.1, 0.15) is 0 Å². The SMILES string of the molecule is CC(C)(C)c1csc(NC(=O)c2cnc(N3CCCCC3)nc2-c2ccncc2)n1. The molecule has 4 heterocycles. The fraction of sp³-hybridized carbons (Fsp3) is 0.409. The molecule has 0 unspecified atom stereocenters. The van der Waals surface area contributed by atoms with E-state index >= 15 is 0 Å². The summed E-state index contributed by atoms with van der Waals surface area (Å²) >= 11 is 1.42. The molecule has 1 N–H and O–H groups in total. The first-order valence-corrected chi connectivity index (χ1v) is 11.1. The summed E-state index contributed by atoms with van der Waals surface area (Å²) in [5.41, 5.74) is 2.76. The summed E-state index contributed by atoms with van der Waals surface area (Å²) in [7, 11) is 0. The first-order chi connectivity index (χ1) is 14.4. The lowest BCUT2D eigenvalue weighted by molar-refractivity contribution is 0.102. The number of aromatic nitrogens is 4. The van der Waals surface area contributed by atoms with Crippen molar-refractivity contribution >= 4 is 28.3 Å². The van der Waals surface area contributed by atoms with Crippen molar-refractivity contribution in [2.24, 2.45) is 0 Å². The fourth-order valence-electron chi connectivity index (χ4n) is 3.35. The monoisotopic (exact) mass is 422 g/mol. The van der Waals surface area contributed by atoms with Crippen molar-refractivity contribution in [3.8, 4) is 11.3 Å². The summed E-state index contributed by atoms with van der Waals surface area (Å²) in [6.45, 7) is 8.18. The fourth-order valence-corrected chi connectivity index (χ4v) is 4.29. The molecule has 0 radical (unpaired) electrons. The highest BCUT2D eigenvalue weighted by Gasteiger charge is 2.22. The van der Waals surface area contributed by atoms with Crippen LogP contribution in [0.5, 0.6) is 0 Å². The van der Waals surface area contributed by atoms with E-state index in [1.165, 1.54) is 17.8 Å². The molecule has 1 aliphatic heterocycles. The molecule has 1 aliphatic rings. The average molecular weight is 423 g/mol. The molecule has 156 valence electrons. The van der Waals surface area contributed by atoms with Crippen molar-refractivity contribution in [3.63, 3.8) is 0 Å². The van der Waals surface area contributed by atoms with Crippen LogP contribution in [-0.2, 0) is 5.41 Å². The van der Waals surface area contributed by atoms with Crippen LogP contribution in [0.15, 0.2) is 36.1 Å². The van der Waals surface area contributed by atoms with Crippen molar-refractivity contribution in [1.82, 2.24) is 19.9 Å². The van der Waals surface area contributed by atoms with E-state index in [-0.39, 0.29) is 11.3 Å². The van der Waals surface area contributed by atoms with Crippen molar-refractivity contribution in [1.29, 1.82) is 0 Å². The molecule has 0 saturated carbocycles. The smallest absolute Gasteiger partial charge is 0.261 e. The van der Waals surface area contributed by atoms with Crippen LogP contribution in [0.25, 0.3) is 11.3 Å². The van der Waals surface area contributed by atoms with Crippen LogP contribution in [0.1, 0.15) is 56.1 Å². The van der Waals surface area contributed by atoms with Crippen LogP contribution in [0, 0.1) is 0 Å². The van der Waals surface area contributed by atoms with Crippen LogP contribution in [0.2, 0.25) is 0 Å². The van der Waals surface area contributed by atoms with Gasteiger partial charge in [-0.25, -0.2) is 15.0 Å². The maximum Gasteiger partial charge on any atom is 0.261 e. The Hall–Kier alpha value is -2.87. The van der Waals surface area contributed by atoms with Gasteiger partial charge in [-0.05, 0) is 31.4 Å². The summed E-state index contributed by atoms with van der Waals surface area (Å²) in [5.74, 6) is 0.407. The Bertz CT molecular complexity index is 1020. The first kappa shape index (κ1) is 20.4. The number of carbonyl (C=O) groups is 1. The van der Waals surface area contributed by atoms with E-state index in [4.69, 9.17) is 4.98 Å². The number of pyridine rings is 1. The Balaban J connectivity index is 1.66. The van der Waals surface area contributed by atoms with E-state index in [9.17, 15) is 4.79 Å². The van der Waals surface area contributed by atoms with Crippen molar-refractivity contribution in [2.75, 3.05) is 23.3 Å². The number of nitrogens with one attached hydrogen (secondary N) is 1. The molecule has 3 aromatic heterocycles. The van der Waals surface area contributed by atoms with E-state index < -0.39 is 0 Å². The number of piperidine rings is 1. The molecular formula is C22H26N6OS. The zero-order valence-corrected chi connectivity index (χ0v) is 18.4. The standard InChI is InChI=1S/C22H26N6OS/c1-22(2,3)17-14-30-21(25-17)27-19(29)16-13-24-20(28-11-5-4-6-12-28)26-18(16)15-7-9-23-10-8-15/h7-10,13-14H,4-6,11-12H2,1-3H3,(H,25,27,29). The third-order valence-corrected chi connectivity index (χ3v) is 5.86. The van der Waals surface area contributed by atoms with Crippen LogP contribution >= 0.6 is 11.3 Å².